The molecule has 0 spiro atoms. The molecular weight excluding hydrogens is 358 g/mol. The highest BCUT2D eigenvalue weighted by molar-refractivity contribution is 7.98. The van der Waals surface area contributed by atoms with Crippen LogP contribution in [0.1, 0.15) is 16.7 Å². The van der Waals surface area contributed by atoms with Gasteiger partial charge in [0.1, 0.15) is 12.4 Å². The maximum atomic E-state index is 5.66. The fraction of sp³-hybridized carbons (Fsp3) is 0.381. The number of benzene rings is 2. The second-order valence-corrected chi connectivity index (χ2v) is 6.93. The molecule has 27 heavy (non-hydrogen) atoms. The monoisotopic (exact) mass is 387 g/mol. The van der Waals surface area contributed by atoms with Crippen molar-refractivity contribution in [1.82, 2.24) is 10.6 Å². The van der Waals surface area contributed by atoms with Gasteiger partial charge in [0.25, 0.3) is 0 Å². The van der Waals surface area contributed by atoms with Gasteiger partial charge in [0.15, 0.2) is 5.96 Å². The lowest BCUT2D eigenvalue weighted by Crippen LogP contribution is -2.36. The summed E-state index contributed by atoms with van der Waals surface area (Å²) in [4.78, 5) is 5.60. The smallest absolute Gasteiger partial charge is 0.191 e. The molecule has 0 heterocycles. The summed E-state index contributed by atoms with van der Waals surface area (Å²) in [6.07, 6.45) is 2.10. The average Bonchev–Trinajstić information content (AvgIpc) is 2.69. The zero-order valence-corrected chi connectivity index (χ0v) is 17.4. The summed E-state index contributed by atoms with van der Waals surface area (Å²) in [5, 5.41) is 6.74. The summed E-state index contributed by atoms with van der Waals surface area (Å²) in [5.74, 6) is 1.62. The van der Waals surface area contributed by atoms with E-state index in [1.54, 1.807) is 25.9 Å². The van der Waals surface area contributed by atoms with Crippen LogP contribution < -0.4 is 15.4 Å². The Kier molecular flexibility index (Phi) is 9.01. The van der Waals surface area contributed by atoms with Crippen molar-refractivity contribution < 1.29 is 9.47 Å². The third kappa shape index (κ3) is 7.15. The quantitative estimate of drug-likeness (QED) is 0.298. The van der Waals surface area contributed by atoms with E-state index >= 15 is 0 Å². The van der Waals surface area contributed by atoms with Crippen LogP contribution in [-0.2, 0) is 17.8 Å². The van der Waals surface area contributed by atoms with Crippen LogP contribution in [0.4, 0.5) is 0 Å². The molecule has 0 aliphatic rings. The Morgan fingerprint density at radius 2 is 1.89 bits per heavy atom. The number of nitrogens with one attached hydrogen (secondary N) is 2. The van der Waals surface area contributed by atoms with Crippen molar-refractivity contribution in [3.05, 3.63) is 59.2 Å². The van der Waals surface area contributed by atoms with Crippen molar-refractivity contribution in [2.45, 2.75) is 24.9 Å². The van der Waals surface area contributed by atoms with E-state index in [9.17, 15) is 0 Å². The molecule has 2 aromatic carbocycles. The molecule has 2 rings (SSSR count). The maximum absolute atomic E-state index is 5.66. The van der Waals surface area contributed by atoms with Gasteiger partial charge in [-0.3, -0.25) is 4.99 Å². The molecule has 0 radical (unpaired) electrons. The maximum Gasteiger partial charge on any atom is 0.191 e. The lowest BCUT2D eigenvalue weighted by atomic mass is 10.1. The summed E-state index contributed by atoms with van der Waals surface area (Å²) in [5.41, 5.74) is 3.68. The van der Waals surface area contributed by atoms with E-state index in [0.717, 1.165) is 23.8 Å². The van der Waals surface area contributed by atoms with Gasteiger partial charge >= 0.3 is 0 Å². The Balaban J connectivity index is 1.88. The predicted octanol–water partition coefficient (Wildman–Crippen LogP) is 3.61. The fourth-order valence-electron chi connectivity index (χ4n) is 2.57. The van der Waals surface area contributed by atoms with Crippen LogP contribution in [0.2, 0.25) is 0 Å². The summed E-state index contributed by atoms with van der Waals surface area (Å²) in [6.45, 7) is 4.65. The van der Waals surface area contributed by atoms with Gasteiger partial charge in [0.2, 0.25) is 0 Å². The van der Waals surface area contributed by atoms with E-state index < -0.39 is 0 Å². The van der Waals surface area contributed by atoms with Crippen molar-refractivity contribution in [3.63, 3.8) is 0 Å². The van der Waals surface area contributed by atoms with Crippen LogP contribution in [-0.4, -0.2) is 39.6 Å². The topological polar surface area (TPSA) is 54.9 Å². The van der Waals surface area contributed by atoms with Crippen LogP contribution in [0.25, 0.3) is 0 Å². The molecule has 0 saturated heterocycles. The van der Waals surface area contributed by atoms with Crippen molar-refractivity contribution in [1.29, 1.82) is 0 Å². The SMILES string of the molecule is CN=C(NCc1cccc(OCCOC)c1)NCc1ccc(C)cc1SC. The number of ether oxygens (including phenoxy) is 2. The van der Waals surface area contributed by atoms with Crippen LogP contribution in [0, 0.1) is 6.92 Å². The van der Waals surface area contributed by atoms with Gasteiger partial charge in [-0.25, -0.2) is 0 Å². The van der Waals surface area contributed by atoms with Gasteiger partial charge < -0.3 is 20.1 Å². The Hall–Kier alpha value is -2.18. The average molecular weight is 388 g/mol. The highest BCUT2D eigenvalue weighted by atomic mass is 32.2. The fourth-order valence-corrected chi connectivity index (χ4v) is 3.28. The number of thioether (sulfide) groups is 1. The molecule has 0 unspecified atom stereocenters. The van der Waals surface area contributed by atoms with Gasteiger partial charge in [-0.05, 0) is 48.1 Å². The Bertz CT molecular complexity index is 750. The van der Waals surface area contributed by atoms with E-state index in [1.807, 2.05) is 18.2 Å². The van der Waals surface area contributed by atoms with Crippen LogP contribution in [0.5, 0.6) is 5.75 Å². The molecule has 5 nitrogen and oxygen atoms in total. The summed E-state index contributed by atoms with van der Waals surface area (Å²) < 4.78 is 10.7. The lowest BCUT2D eigenvalue weighted by molar-refractivity contribution is 0.146. The van der Waals surface area contributed by atoms with Crippen molar-refractivity contribution in [2.75, 3.05) is 33.6 Å². The standard InChI is InChI=1S/C21H29N3O2S/c1-16-8-9-18(20(12-16)27-4)15-24-21(22-2)23-14-17-6-5-7-19(13-17)26-11-10-25-3/h5-9,12-13H,10-11,14-15H2,1-4H3,(H2,22,23,24). The predicted molar refractivity (Wildman–Crippen MR) is 114 cm³/mol. The summed E-state index contributed by atoms with van der Waals surface area (Å²) >= 11 is 1.77. The van der Waals surface area contributed by atoms with Crippen molar-refractivity contribution >= 4 is 17.7 Å². The normalized spacial score (nSPS) is 11.3. The van der Waals surface area contributed by atoms with Crippen molar-refractivity contribution in [2.24, 2.45) is 4.99 Å². The molecule has 0 fully saturated rings. The third-order valence-corrected chi connectivity index (χ3v) is 4.85. The van der Waals surface area contributed by atoms with Gasteiger partial charge in [-0.15, -0.1) is 11.8 Å². The number of hydrogen-bond acceptors (Lipinski definition) is 4. The summed E-state index contributed by atoms with van der Waals surface area (Å²) in [7, 11) is 3.45. The molecule has 0 amide bonds. The molecule has 146 valence electrons. The highest BCUT2D eigenvalue weighted by Crippen LogP contribution is 2.21. The highest BCUT2D eigenvalue weighted by Gasteiger charge is 2.04. The molecule has 0 saturated carbocycles. The van der Waals surface area contributed by atoms with Gasteiger partial charge in [-0.1, -0.05) is 24.3 Å². The van der Waals surface area contributed by atoms with Gasteiger partial charge in [-0.2, -0.15) is 0 Å². The number of methoxy groups -OCH3 is 1. The van der Waals surface area contributed by atoms with Crippen LogP contribution in [0.3, 0.4) is 0 Å². The number of aliphatic imine (C=N–C) groups is 1. The van der Waals surface area contributed by atoms with E-state index in [1.165, 1.54) is 16.0 Å². The summed E-state index contributed by atoms with van der Waals surface area (Å²) in [6, 6.07) is 14.6. The molecule has 2 N–H and O–H groups in total. The van der Waals surface area contributed by atoms with E-state index in [4.69, 9.17) is 9.47 Å². The number of rotatable bonds is 9. The Morgan fingerprint density at radius 3 is 2.63 bits per heavy atom. The molecule has 0 bridgehead atoms. The van der Waals surface area contributed by atoms with Gasteiger partial charge in [0.05, 0.1) is 6.61 Å². The minimum atomic E-state index is 0.547. The minimum Gasteiger partial charge on any atom is -0.491 e. The first kappa shape index (κ1) is 21.1. The zero-order valence-electron chi connectivity index (χ0n) is 16.5. The first-order valence-electron chi connectivity index (χ1n) is 8.95. The number of guanidine groups is 1. The van der Waals surface area contributed by atoms with Crippen molar-refractivity contribution in [3.8, 4) is 5.75 Å². The largest absolute Gasteiger partial charge is 0.491 e. The lowest BCUT2D eigenvalue weighted by Gasteiger charge is -2.14. The van der Waals surface area contributed by atoms with E-state index in [-0.39, 0.29) is 0 Å². The molecule has 2 aromatic rings. The molecule has 0 aliphatic carbocycles. The first-order valence-corrected chi connectivity index (χ1v) is 10.2. The molecule has 0 aliphatic heterocycles. The minimum absolute atomic E-state index is 0.547. The molecule has 0 aromatic heterocycles. The van der Waals surface area contributed by atoms with Crippen LogP contribution in [0.15, 0.2) is 52.4 Å². The van der Waals surface area contributed by atoms with E-state index in [2.05, 4.69) is 53.1 Å². The third-order valence-electron chi connectivity index (χ3n) is 4.03. The number of aryl methyl sites for hydroxylation is 1. The first-order chi connectivity index (χ1) is 13.2. The molecule has 6 heteroatoms. The number of nitrogens with zero attached hydrogens (tertiary/aromatic N) is 1. The second kappa shape index (κ2) is 11.5. The molecule has 0 atom stereocenters. The zero-order chi connectivity index (χ0) is 19.5. The Morgan fingerprint density at radius 1 is 1.07 bits per heavy atom. The number of hydrogen-bond donors (Lipinski definition) is 2. The second-order valence-electron chi connectivity index (χ2n) is 6.08. The molecular formula is C21H29N3O2S. The van der Waals surface area contributed by atoms with Crippen LogP contribution >= 0.6 is 11.8 Å². The van der Waals surface area contributed by atoms with Gasteiger partial charge in [0, 0.05) is 32.1 Å². The Labute approximate surface area is 166 Å². The van der Waals surface area contributed by atoms with E-state index in [0.29, 0.717) is 19.8 Å².